The molecule has 1 aromatic heterocycles. The molecule has 1 saturated carbocycles. The Morgan fingerprint density at radius 3 is 2.70 bits per heavy atom. The van der Waals surface area contributed by atoms with Gasteiger partial charge < -0.3 is 10.6 Å². The number of amides is 2. The number of primary amides is 1. The van der Waals surface area contributed by atoms with E-state index in [1.54, 1.807) is 4.90 Å². The minimum atomic E-state index is -0.489. The van der Waals surface area contributed by atoms with E-state index in [2.05, 4.69) is 4.98 Å². The van der Waals surface area contributed by atoms with Crippen molar-refractivity contribution in [2.24, 2.45) is 11.7 Å². The third-order valence-electron chi connectivity index (χ3n) is 4.64. The Bertz CT molecular complexity index is 786. The zero-order valence-electron chi connectivity index (χ0n) is 12.7. The highest BCUT2D eigenvalue weighted by Crippen LogP contribution is 2.48. The van der Waals surface area contributed by atoms with Crippen LogP contribution in [0, 0.1) is 12.8 Å². The first-order valence-electron chi connectivity index (χ1n) is 7.71. The molecule has 0 radical (unpaired) electrons. The minimum absolute atomic E-state index is 0.158. The Labute approximate surface area is 138 Å². The molecule has 0 unspecified atom stereocenters. The molecule has 118 valence electrons. The number of fused-ring (bicyclic) bond motifs is 1. The average Bonchev–Trinajstić information content (AvgIpc) is 3.03. The molecule has 0 spiro atoms. The highest BCUT2D eigenvalue weighted by atomic mass is 32.1. The molecular weight excluding hydrogens is 310 g/mol. The smallest absolute Gasteiger partial charge is 0.274 e. The molecule has 6 heteroatoms. The number of benzene rings is 1. The van der Waals surface area contributed by atoms with Gasteiger partial charge in [-0.15, -0.1) is 11.3 Å². The number of carbonyl (C=O) groups excluding carboxylic acids is 2. The third kappa shape index (κ3) is 2.34. The summed E-state index contributed by atoms with van der Waals surface area (Å²) in [5.74, 6) is -0.155. The van der Waals surface area contributed by atoms with Gasteiger partial charge in [0.15, 0.2) is 0 Å². The van der Waals surface area contributed by atoms with Crippen molar-refractivity contribution in [3.63, 3.8) is 0 Å². The highest BCUT2D eigenvalue weighted by Gasteiger charge is 2.56. The van der Waals surface area contributed by atoms with Crippen LogP contribution in [0.15, 0.2) is 30.3 Å². The van der Waals surface area contributed by atoms with Crippen molar-refractivity contribution in [3.05, 3.63) is 41.0 Å². The third-order valence-corrected chi connectivity index (χ3v) is 5.66. The molecule has 2 amide bonds. The summed E-state index contributed by atoms with van der Waals surface area (Å²) < 4.78 is 0. The molecule has 1 aliphatic heterocycles. The van der Waals surface area contributed by atoms with Gasteiger partial charge >= 0.3 is 0 Å². The summed E-state index contributed by atoms with van der Waals surface area (Å²) in [7, 11) is 0. The van der Waals surface area contributed by atoms with Crippen LogP contribution in [0.5, 0.6) is 0 Å². The Kier molecular flexibility index (Phi) is 3.23. The molecule has 2 aromatic rings. The van der Waals surface area contributed by atoms with E-state index >= 15 is 0 Å². The van der Waals surface area contributed by atoms with Crippen LogP contribution in [-0.4, -0.2) is 33.8 Å². The summed E-state index contributed by atoms with van der Waals surface area (Å²) in [6.45, 7) is 1.89. The highest BCUT2D eigenvalue weighted by molar-refractivity contribution is 7.15. The molecule has 2 fully saturated rings. The number of piperidine rings is 1. The maximum absolute atomic E-state index is 13.1. The van der Waals surface area contributed by atoms with Crippen LogP contribution in [0.4, 0.5) is 0 Å². The zero-order chi connectivity index (χ0) is 16.1. The lowest BCUT2D eigenvalue weighted by Crippen LogP contribution is -2.46. The predicted octanol–water partition coefficient (Wildman–Crippen LogP) is 2.21. The van der Waals surface area contributed by atoms with E-state index in [0.717, 1.165) is 21.9 Å². The van der Waals surface area contributed by atoms with E-state index in [1.165, 1.54) is 11.3 Å². The number of aromatic nitrogens is 1. The number of hydrogen-bond donors (Lipinski definition) is 1. The van der Waals surface area contributed by atoms with Gasteiger partial charge in [-0.05, 0) is 31.2 Å². The van der Waals surface area contributed by atoms with Gasteiger partial charge in [0.1, 0.15) is 11.7 Å². The van der Waals surface area contributed by atoms with Gasteiger partial charge in [-0.2, -0.15) is 0 Å². The topological polar surface area (TPSA) is 76.3 Å². The van der Waals surface area contributed by atoms with Gasteiger partial charge in [0.2, 0.25) is 5.91 Å². The number of likely N-dealkylation sites (tertiary alicyclic amines) is 1. The molecule has 1 aliphatic carbocycles. The SMILES string of the molecule is Cc1nc(C(=O)N2[C@H](C(N)=O)C[C@@H]3C[C@@H]32)c(-c2ccccc2)s1. The lowest BCUT2D eigenvalue weighted by atomic mass is 10.1. The maximum Gasteiger partial charge on any atom is 0.274 e. The van der Waals surface area contributed by atoms with Crippen LogP contribution in [0.3, 0.4) is 0 Å². The van der Waals surface area contributed by atoms with Gasteiger partial charge in [0.25, 0.3) is 5.91 Å². The van der Waals surface area contributed by atoms with Crippen molar-refractivity contribution in [1.29, 1.82) is 0 Å². The van der Waals surface area contributed by atoms with Gasteiger partial charge in [0, 0.05) is 6.04 Å². The Balaban J connectivity index is 1.73. The number of thiazole rings is 1. The fourth-order valence-corrected chi connectivity index (χ4v) is 4.40. The largest absolute Gasteiger partial charge is 0.368 e. The number of aryl methyl sites for hydroxylation is 1. The standard InChI is InChI=1S/C17H17N3O2S/c1-9-19-14(15(23-9)10-5-3-2-4-6-10)17(22)20-12-7-11(12)8-13(20)16(18)21/h2-6,11-13H,7-8H2,1H3,(H2,18,21)/t11-,12-,13-/m0/s1. The van der Waals surface area contributed by atoms with E-state index in [-0.39, 0.29) is 11.9 Å². The molecule has 2 aliphatic rings. The molecule has 23 heavy (non-hydrogen) atoms. The van der Waals surface area contributed by atoms with E-state index in [9.17, 15) is 9.59 Å². The van der Waals surface area contributed by atoms with E-state index in [1.807, 2.05) is 37.3 Å². The summed E-state index contributed by atoms with van der Waals surface area (Å²) in [6, 6.07) is 9.44. The van der Waals surface area contributed by atoms with Crippen molar-refractivity contribution in [1.82, 2.24) is 9.88 Å². The van der Waals surface area contributed by atoms with E-state index in [0.29, 0.717) is 18.0 Å². The lowest BCUT2D eigenvalue weighted by Gasteiger charge is -2.24. The van der Waals surface area contributed by atoms with Gasteiger partial charge in [-0.25, -0.2) is 4.98 Å². The minimum Gasteiger partial charge on any atom is -0.368 e. The molecule has 4 rings (SSSR count). The molecule has 1 saturated heterocycles. The van der Waals surface area contributed by atoms with Crippen molar-refractivity contribution in [2.75, 3.05) is 0 Å². The maximum atomic E-state index is 13.1. The van der Waals surface area contributed by atoms with Crippen molar-refractivity contribution in [3.8, 4) is 10.4 Å². The molecule has 1 aromatic carbocycles. The van der Waals surface area contributed by atoms with Crippen molar-refractivity contribution < 1.29 is 9.59 Å². The fraction of sp³-hybridized carbons (Fsp3) is 0.353. The average molecular weight is 327 g/mol. The number of nitrogens with two attached hydrogens (primary N) is 1. The van der Waals surface area contributed by atoms with Crippen LogP contribution in [0.2, 0.25) is 0 Å². The van der Waals surface area contributed by atoms with Gasteiger partial charge in [0.05, 0.1) is 9.88 Å². The normalized spacial score (nSPS) is 25.3. The molecule has 3 atom stereocenters. The fourth-order valence-electron chi connectivity index (χ4n) is 3.48. The summed E-state index contributed by atoms with van der Waals surface area (Å²) in [6.07, 6.45) is 1.66. The van der Waals surface area contributed by atoms with Crippen LogP contribution in [-0.2, 0) is 4.79 Å². The second-order valence-electron chi connectivity index (χ2n) is 6.21. The zero-order valence-corrected chi connectivity index (χ0v) is 13.5. The first-order chi connectivity index (χ1) is 11.1. The first-order valence-corrected chi connectivity index (χ1v) is 8.52. The Morgan fingerprint density at radius 1 is 1.26 bits per heavy atom. The number of carbonyl (C=O) groups is 2. The summed E-state index contributed by atoms with van der Waals surface area (Å²) in [5, 5.41) is 0.842. The Morgan fingerprint density at radius 2 is 2.00 bits per heavy atom. The summed E-state index contributed by atoms with van der Waals surface area (Å²) in [5.41, 5.74) is 6.91. The van der Waals surface area contributed by atoms with Gasteiger partial charge in [-0.1, -0.05) is 30.3 Å². The summed E-state index contributed by atoms with van der Waals surface area (Å²) in [4.78, 5) is 31.7. The number of rotatable bonds is 3. The van der Waals surface area contributed by atoms with Crippen LogP contribution >= 0.6 is 11.3 Å². The Hall–Kier alpha value is -2.21. The van der Waals surface area contributed by atoms with Crippen LogP contribution in [0.25, 0.3) is 10.4 Å². The molecule has 0 bridgehead atoms. The molecule has 2 N–H and O–H groups in total. The monoisotopic (exact) mass is 327 g/mol. The lowest BCUT2D eigenvalue weighted by molar-refractivity contribution is -0.122. The molecule has 5 nitrogen and oxygen atoms in total. The van der Waals surface area contributed by atoms with Crippen LogP contribution in [0.1, 0.15) is 28.3 Å². The van der Waals surface area contributed by atoms with Crippen molar-refractivity contribution >= 4 is 23.2 Å². The predicted molar refractivity (Wildman–Crippen MR) is 88.0 cm³/mol. The van der Waals surface area contributed by atoms with Crippen molar-refractivity contribution in [2.45, 2.75) is 31.8 Å². The molecular formula is C17H17N3O2S. The number of nitrogens with zero attached hydrogens (tertiary/aromatic N) is 2. The van der Waals surface area contributed by atoms with Crippen LogP contribution < -0.4 is 5.73 Å². The van der Waals surface area contributed by atoms with E-state index in [4.69, 9.17) is 5.73 Å². The number of hydrogen-bond acceptors (Lipinski definition) is 4. The van der Waals surface area contributed by atoms with Gasteiger partial charge in [-0.3, -0.25) is 9.59 Å². The first kappa shape index (κ1) is 14.4. The second kappa shape index (κ2) is 5.16. The quantitative estimate of drug-likeness (QED) is 0.939. The van der Waals surface area contributed by atoms with E-state index < -0.39 is 11.9 Å². The second-order valence-corrected chi connectivity index (χ2v) is 7.41. The summed E-state index contributed by atoms with van der Waals surface area (Å²) >= 11 is 1.50. The molecule has 2 heterocycles.